The van der Waals surface area contributed by atoms with E-state index in [1.807, 2.05) is 0 Å². The minimum atomic E-state index is -3.80. The van der Waals surface area contributed by atoms with E-state index in [0.29, 0.717) is 5.82 Å². The average molecular weight is 319 g/mol. The van der Waals surface area contributed by atoms with Crippen molar-refractivity contribution < 1.29 is 13.2 Å². The fourth-order valence-electron chi connectivity index (χ4n) is 1.50. The van der Waals surface area contributed by atoms with Crippen LogP contribution in [0.3, 0.4) is 0 Å². The molecule has 2 rings (SSSR count). The van der Waals surface area contributed by atoms with Crippen LogP contribution in [0.2, 0.25) is 5.02 Å². The van der Waals surface area contributed by atoms with Gasteiger partial charge in [-0.05, 0) is 18.9 Å². The summed E-state index contributed by atoms with van der Waals surface area (Å²) in [5, 5.41) is 5.61. The zero-order chi connectivity index (χ0) is 14.8. The number of nitrogens with zero attached hydrogens (tertiary/aromatic N) is 1. The van der Waals surface area contributed by atoms with Crippen LogP contribution in [0.25, 0.3) is 0 Å². The van der Waals surface area contributed by atoms with Gasteiger partial charge < -0.3 is 10.6 Å². The normalized spacial score (nSPS) is 14.9. The van der Waals surface area contributed by atoms with Gasteiger partial charge in [0.1, 0.15) is 10.7 Å². The first-order chi connectivity index (χ1) is 9.42. The Morgan fingerprint density at radius 3 is 2.75 bits per heavy atom. The number of anilines is 1. The molecule has 20 heavy (non-hydrogen) atoms. The second-order valence-electron chi connectivity index (χ2n) is 4.42. The zero-order valence-electron chi connectivity index (χ0n) is 10.8. The highest BCUT2D eigenvalue weighted by molar-refractivity contribution is 7.89. The van der Waals surface area contributed by atoms with E-state index in [0.717, 1.165) is 12.8 Å². The number of hydrogen-bond acceptors (Lipinski definition) is 5. The number of carbonyl (C=O) groups is 1. The summed E-state index contributed by atoms with van der Waals surface area (Å²) in [4.78, 5) is 15.3. The van der Waals surface area contributed by atoms with Crippen LogP contribution in [0.5, 0.6) is 0 Å². The number of pyridine rings is 1. The molecule has 1 fully saturated rings. The zero-order valence-corrected chi connectivity index (χ0v) is 12.4. The Morgan fingerprint density at radius 2 is 2.20 bits per heavy atom. The number of rotatable bonds is 6. The van der Waals surface area contributed by atoms with Gasteiger partial charge in [-0.1, -0.05) is 11.6 Å². The Hall–Kier alpha value is -1.38. The van der Waals surface area contributed by atoms with E-state index in [4.69, 9.17) is 11.6 Å². The molecule has 0 aromatic carbocycles. The maximum atomic E-state index is 12.0. The van der Waals surface area contributed by atoms with Crippen LogP contribution in [0.1, 0.15) is 12.8 Å². The summed E-state index contributed by atoms with van der Waals surface area (Å²) in [6.45, 7) is -0.301. The second kappa shape index (κ2) is 5.94. The van der Waals surface area contributed by atoms with Crippen molar-refractivity contribution in [3.05, 3.63) is 17.3 Å². The summed E-state index contributed by atoms with van der Waals surface area (Å²) >= 11 is 5.88. The molecule has 0 radical (unpaired) electrons. The Labute approximate surface area is 122 Å². The van der Waals surface area contributed by atoms with E-state index in [-0.39, 0.29) is 28.4 Å². The van der Waals surface area contributed by atoms with E-state index in [1.165, 1.54) is 12.3 Å². The summed E-state index contributed by atoms with van der Waals surface area (Å²) < 4.78 is 26.2. The molecule has 1 aromatic rings. The largest absolute Gasteiger partial charge is 0.372 e. The molecule has 0 unspecified atom stereocenters. The first-order valence-electron chi connectivity index (χ1n) is 6.04. The molecule has 1 aliphatic carbocycles. The van der Waals surface area contributed by atoms with Crippen molar-refractivity contribution in [2.45, 2.75) is 23.8 Å². The number of sulfonamides is 1. The van der Waals surface area contributed by atoms with Gasteiger partial charge in [0.2, 0.25) is 15.9 Å². The molecule has 9 heteroatoms. The highest BCUT2D eigenvalue weighted by Crippen LogP contribution is 2.22. The summed E-state index contributed by atoms with van der Waals surface area (Å²) in [5.74, 6) is 0.0408. The molecule has 3 N–H and O–H groups in total. The molecule has 1 amide bonds. The van der Waals surface area contributed by atoms with Crippen LogP contribution in [0, 0.1) is 0 Å². The molecule has 0 spiro atoms. The van der Waals surface area contributed by atoms with Crippen LogP contribution in [-0.2, 0) is 14.8 Å². The lowest BCUT2D eigenvalue weighted by atomic mass is 10.4. The minimum Gasteiger partial charge on any atom is -0.372 e. The SMILES string of the molecule is CNc1ncc(S(=O)(=O)NCC(=O)NC2CC2)cc1Cl. The Bertz CT molecular complexity index is 616. The molecule has 0 saturated heterocycles. The van der Waals surface area contributed by atoms with Gasteiger partial charge in [-0.2, -0.15) is 0 Å². The first-order valence-corrected chi connectivity index (χ1v) is 7.91. The first kappa shape index (κ1) is 15.0. The van der Waals surface area contributed by atoms with Crippen LogP contribution in [-0.4, -0.2) is 38.9 Å². The Morgan fingerprint density at radius 1 is 1.50 bits per heavy atom. The van der Waals surface area contributed by atoms with Gasteiger partial charge >= 0.3 is 0 Å². The molecule has 1 heterocycles. The highest BCUT2D eigenvalue weighted by atomic mass is 35.5. The third kappa shape index (κ3) is 3.81. The molecule has 1 saturated carbocycles. The van der Waals surface area contributed by atoms with E-state index in [9.17, 15) is 13.2 Å². The topological polar surface area (TPSA) is 100 Å². The van der Waals surface area contributed by atoms with Crippen molar-refractivity contribution in [2.75, 3.05) is 18.9 Å². The maximum Gasteiger partial charge on any atom is 0.242 e. The molecule has 7 nitrogen and oxygen atoms in total. The summed E-state index contributed by atoms with van der Waals surface area (Å²) in [6, 6.07) is 1.47. The van der Waals surface area contributed by atoms with E-state index in [2.05, 4.69) is 20.3 Å². The van der Waals surface area contributed by atoms with Gasteiger partial charge in [0.05, 0.1) is 11.6 Å². The van der Waals surface area contributed by atoms with Gasteiger partial charge in [0.25, 0.3) is 0 Å². The van der Waals surface area contributed by atoms with Crippen LogP contribution < -0.4 is 15.4 Å². The third-order valence-electron chi connectivity index (χ3n) is 2.73. The summed E-state index contributed by atoms with van der Waals surface area (Å²) in [5.41, 5.74) is 0. The quantitative estimate of drug-likeness (QED) is 0.702. The molecular weight excluding hydrogens is 304 g/mol. The molecule has 0 atom stereocenters. The van der Waals surface area contributed by atoms with Crippen LogP contribution >= 0.6 is 11.6 Å². The van der Waals surface area contributed by atoms with Gasteiger partial charge in [0, 0.05) is 19.3 Å². The molecule has 1 aliphatic rings. The lowest BCUT2D eigenvalue weighted by molar-refractivity contribution is -0.120. The van der Waals surface area contributed by atoms with Gasteiger partial charge in [-0.3, -0.25) is 4.79 Å². The van der Waals surface area contributed by atoms with Gasteiger partial charge in [-0.15, -0.1) is 0 Å². The molecule has 1 aromatic heterocycles. The number of amides is 1. The lowest BCUT2D eigenvalue weighted by Gasteiger charge is -2.08. The Kier molecular flexibility index (Phi) is 4.46. The smallest absolute Gasteiger partial charge is 0.242 e. The number of halogens is 1. The summed E-state index contributed by atoms with van der Waals surface area (Å²) in [6.07, 6.45) is 3.08. The fourth-order valence-corrected chi connectivity index (χ4v) is 2.78. The van der Waals surface area contributed by atoms with E-state index in [1.54, 1.807) is 7.05 Å². The number of nitrogens with one attached hydrogen (secondary N) is 3. The van der Waals surface area contributed by atoms with E-state index < -0.39 is 10.0 Å². The molecule has 0 bridgehead atoms. The number of aromatic nitrogens is 1. The van der Waals surface area contributed by atoms with Gasteiger partial charge in [0.15, 0.2) is 0 Å². The third-order valence-corrected chi connectivity index (χ3v) is 4.38. The standard InChI is InChI=1S/C11H15ClN4O3S/c1-13-11-9(12)4-8(5-14-11)20(18,19)15-6-10(17)16-7-2-3-7/h4-5,7,15H,2-3,6H2,1H3,(H,13,14)(H,16,17). The monoisotopic (exact) mass is 318 g/mol. The van der Waals surface area contributed by atoms with Crippen molar-refractivity contribution in [3.8, 4) is 0 Å². The second-order valence-corrected chi connectivity index (χ2v) is 6.59. The van der Waals surface area contributed by atoms with Crippen molar-refractivity contribution in [1.82, 2.24) is 15.0 Å². The highest BCUT2D eigenvalue weighted by Gasteiger charge is 2.24. The number of hydrogen-bond donors (Lipinski definition) is 3. The van der Waals surface area contributed by atoms with Crippen molar-refractivity contribution in [3.63, 3.8) is 0 Å². The lowest BCUT2D eigenvalue weighted by Crippen LogP contribution is -2.37. The average Bonchev–Trinajstić information content (AvgIpc) is 3.20. The van der Waals surface area contributed by atoms with Crippen molar-refractivity contribution >= 4 is 33.3 Å². The summed E-state index contributed by atoms with van der Waals surface area (Å²) in [7, 11) is -2.18. The molecule has 110 valence electrons. The van der Waals surface area contributed by atoms with Gasteiger partial charge in [-0.25, -0.2) is 18.1 Å². The predicted molar refractivity (Wildman–Crippen MR) is 75.1 cm³/mol. The number of carbonyl (C=O) groups excluding carboxylic acids is 1. The van der Waals surface area contributed by atoms with Crippen LogP contribution in [0.4, 0.5) is 5.82 Å². The fraction of sp³-hybridized carbons (Fsp3) is 0.455. The van der Waals surface area contributed by atoms with Crippen LogP contribution in [0.15, 0.2) is 17.2 Å². The Balaban J connectivity index is 2.01. The van der Waals surface area contributed by atoms with E-state index >= 15 is 0 Å². The minimum absolute atomic E-state index is 0.0827. The van der Waals surface area contributed by atoms with Crippen molar-refractivity contribution in [2.24, 2.45) is 0 Å². The maximum absolute atomic E-state index is 12.0. The molecule has 0 aliphatic heterocycles. The molecular formula is C11H15ClN4O3S. The predicted octanol–water partition coefficient (Wildman–Crippen LogP) is 0.334. The van der Waals surface area contributed by atoms with Crippen molar-refractivity contribution in [1.29, 1.82) is 0 Å².